The number of aromatic nitrogens is 2. The summed E-state index contributed by atoms with van der Waals surface area (Å²) < 4.78 is 27.0. The molecule has 1 aromatic heterocycles. The van der Waals surface area contributed by atoms with Gasteiger partial charge in [0.05, 0.1) is 0 Å². The van der Waals surface area contributed by atoms with Crippen LogP contribution in [0.2, 0.25) is 0 Å². The molecule has 0 aliphatic carbocycles. The first-order valence-corrected chi connectivity index (χ1v) is 12.0. The largest absolute Gasteiger partial charge is 0.481 e. The summed E-state index contributed by atoms with van der Waals surface area (Å²) in [5.41, 5.74) is -0.263. The van der Waals surface area contributed by atoms with Crippen LogP contribution in [-0.4, -0.2) is 35.0 Å². The highest BCUT2D eigenvalue weighted by molar-refractivity contribution is 5.97. The molecule has 0 unspecified atom stereocenters. The zero-order valence-electron chi connectivity index (χ0n) is 21.0. The third-order valence-corrected chi connectivity index (χ3v) is 6.08. The van der Waals surface area contributed by atoms with Crippen molar-refractivity contribution in [2.75, 3.05) is 13.7 Å². The Labute approximate surface area is 213 Å². The molecule has 10 heteroatoms. The second kappa shape index (κ2) is 10.9. The number of nitrogens with one attached hydrogen (secondary N) is 2. The van der Waals surface area contributed by atoms with E-state index in [0.717, 1.165) is 11.6 Å². The Morgan fingerprint density at radius 3 is 2.65 bits per heavy atom. The van der Waals surface area contributed by atoms with Crippen molar-refractivity contribution in [1.82, 2.24) is 20.2 Å². The average molecular weight is 509 g/mol. The van der Waals surface area contributed by atoms with Gasteiger partial charge in [-0.25, -0.2) is 9.37 Å². The lowest BCUT2D eigenvalue weighted by Gasteiger charge is -2.25. The number of nitrogens with zero attached hydrogens (tertiary/aromatic N) is 2. The molecule has 2 N–H and O–H groups in total. The van der Waals surface area contributed by atoms with Gasteiger partial charge in [0.1, 0.15) is 23.8 Å². The highest BCUT2D eigenvalue weighted by Crippen LogP contribution is 2.27. The van der Waals surface area contributed by atoms with E-state index in [-0.39, 0.29) is 30.2 Å². The normalized spacial score (nSPS) is 14.3. The molecule has 0 saturated heterocycles. The number of carbonyl (C=O) groups is 2. The first kappa shape index (κ1) is 26.0. The van der Waals surface area contributed by atoms with Gasteiger partial charge in [-0.3, -0.25) is 19.0 Å². The van der Waals surface area contributed by atoms with E-state index in [1.54, 1.807) is 13.8 Å². The summed E-state index contributed by atoms with van der Waals surface area (Å²) in [6.07, 6.45) is 0.606. The molecule has 2 heterocycles. The molecular formula is C27H29FN4O5. The highest BCUT2D eigenvalue weighted by Gasteiger charge is 2.33. The number of hydrogen-bond donors (Lipinski definition) is 2. The number of halogens is 1. The van der Waals surface area contributed by atoms with Gasteiger partial charge in [0, 0.05) is 32.3 Å². The predicted molar refractivity (Wildman–Crippen MR) is 134 cm³/mol. The van der Waals surface area contributed by atoms with Gasteiger partial charge in [-0.2, -0.15) is 0 Å². The van der Waals surface area contributed by atoms with Crippen LogP contribution in [0.4, 0.5) is 4.39 Å². The molecule has 9 nitrogen and oxygen atoms in total. The van der Waals surface area contributed by atoms with Crippen LogP contribution in [0, 0.1) is 5.82 Å². The number of fused-ring (bicyclic) bond motifs is 1. The smallest absolute Gasteiger partial charge is 0.296 e. The van der Waals surface area contributed by atoms with Crippen LogP contribution in [0.15, 0.2) is 53.3 Å². The molecule has 0 saturated carbocycles. The number of carbonyl (C=O) groups excluding carboxylic acids is 2. The van der Waals surface area contributed by atoms with E-state index in [9.17, 15) is 18.8 Å². The average Bonchev–Trinajstić information content (AvgIpc) is 3.04. The van der Waals surface area contributed by atoms with E-state index < -0.39 is 28.8 Å². The van der Waals surface area contributed by atoms with Crippen LogP contribution < -0.4 is 20.9 Å². The van der Waals surface area contributed by atoms with Gasteiger partial charge in [-0.05, 0) is 43.5 Å². The Balaban J connectivity index is 1.71. The van der Waals surface area contributed by atoms with Crippen LogP contribution >= 0.6 is 0 Å². The van der Waals surface area contributed by atoms with Gasteiger partial charge in [-0.1, -0.05) is 36.4 Å². The van der Waals surface area contributed by atoms with Crippen molar-refractivity contribution in [3.63, 3.8) is 0 Å². The number of benzene rings is 2. The summed E-state index contributed by atoms with van der Waals surface area (Å²) in [5, 5.41) is 5.15. The zero-order valence-corrected chi connectivity index (χ0v) is 21.0. The van der Waals surface area contributed by atoms with Gasteiger partial charge in [0.2, 0.25) is 5.75 Å². The van der Waals surface area contributed by atoms with E-state index >= 15 is 0 Å². The van der Waals surface area contributed by atoms with Crippen molar-refractivity contribution in [2.24, 2.45) is 0 Å². The molecule has 2 aromatic carbocycles. The molecule has 0 bridgehead atoms. The minimum absolute atomic E-state index is 0.0655. The Bertz CT molecular complexity index is 1370. The fraction of sp³-hybridized carbons (Fsp3) is 0.333. The lowest BCUT2D eigenvalue weighted by Crippen LogP contribution is -2.37. The van der Waals surface area contributed by atoms with Crippen LogP contribution in [-0.2, 0) is 30.0 Å². The van der Waals surface area contributed by atoms with Gasteiger partial charge < -0.3 is 20.1 Å². The molecule has 37 heavy (non-hydrogen) atoms. The molecule has 0 spiro atoms. The molecule has 194 valence electrons. The minimum Gasteiger partial charge on any atom is -0.481 e. The maximum atomic E-state index is 13.8. The number of amides is 2. The topological polar surface area (TPSA) is 112 Å². The highest BCUT2D eigenvalue weighted by atomic mass is 19.1. The van der Waals surface area contributed by atoms with Crippen LogP contribution in [0.3, 0.4) is 0 Å². The minimum atomic E-state index is -0.911. The van der Waals surface area contributed by atoms with Gasteiger partial charge >= 0.3 is 0 Å². The Kier molecular flexibility index (Phi) is 7.68. The zero-order chi connectivity index (χ0) is 26.6. The third kappa shape index (κ3) is 5.69. The second-order valence-corrected chi connectivity index (χ2v) is 9.12. The SMILES string of the molecule is CNC(=O)c1cc(F)ccc1CNC(=O)c1nc2n(c(=O)c1OCc1ccccc1)CCCOC2(C)C. The van der Waals surface area contributed by atoms with Crippen molar-refractivity contribution < 1.29 is 23.5 Å². The molecule has 0 fully saturated rings. The van der Waals surface area contributed by atoms with Crippen molar-refractivity contribution in [3.8, 4) is 5.75 Å². The predicted octanol–water partition coefficient (Wildman–Crippen LogP) is 2.91. The Hall–Kier alpha value is -4.05. The molecule has 0 atom stereocenters. The van der Waals surface area contributed by atoms with Crippen LogP contribution in [0.1, 0.15) is 58.1 Å². The summed E-state index contributed by atoms with van der Waals surface area (Å²) in [4.78, 5) is 43.7. The van der Waals surface area contributed by atoms with Crippen LogP contribution in [0.5, 0.6) is 5.75 Å². The molecule has 1 aliphatic rings. The van der Waals surface area contributed by atoms with E-state index in [4.69, 9.17) is 9.47 Å². The second-order valence-electron chi connectivity index (χ2n) is 9.12. The first-order chi connectivity index (χ1) is 17.7. The number of rotatable bonds is 7. The first-order valence-electron chi connectivity index (χ1n) is 12.0. The summed E-state index contributed by atoms with van der Waals surface area (Å²) in [7, 11) is 1.43. The standard InChI is InChI=1S/C27H29FN4O5/c1-27(2)26-31-21(24(34)30-15-18-10-11-19(28)14-20(18)23(33)29-3)22(25(35)32(26)12-7-13-37-27)36-16-17-8-5-4-6-9-17/h4-6,8-11,14H,7,12-13,15-16H2,1-3H3,(H,29,33)(H,30,34). The fourth-order valence-electron chi connectivity index (χ4n) is 4.14. The molecule has 3 aromatic rings. The maximum absolute atomic E-state index is 13.8. The Morgan fingerprint density at radius 2 is 1.92 bits per heavy atom. The summed E-state index contributed by atoms with van der Waals surface area (Å²) in [6, 6.07) is 13.0. The lowest BCUT2D eigenvalue weighted by molar-refractivity contribution is -0.0227. The van der Waals surface area contributed by atoms with Crippen molar-refractivity contribution in [2.45, 2.75) is 45.6 Å². The lowest BCUT2D eigenvalue weighted by atomic mass is 10.1. The van der Waals surface area contributed by atoms with Gasteiger partial charge in [-0.15, -0.1) is 0 Å². The summed E-state index contributed by atoms with van der Waals surface area (Å²) in [6.45, 7) is 4.35. The van der Waals surface area contributed by atoms with Crippen LogP contribution in [0.25, 0.3) is 0 Å². The quantitative estimate of drug-likeness (QED) is 0.508. The summed E-state index contributed by atoms with van der Waals surface area (Å²) >= 11 is 0. The van der Waals surface area contributed by atoms with Crippen molar-refractivity contribution >= 4 is 11.8 Å². The van der Waals surface area contributed by atoms with Crippen molar-refractivity contribution in [3.05, 3.63) is 92.9 Å². The molecule has 2 amide bonds. The van der Waals surface area contributed by atoms with E-state index in [0.29, 0.717) is 31.0 Å². The molecule has 0 radical (unpaired) electrons. The fourth-order valence-corrected chi connectivity index (χ4v) is 4.14. The van der Waals surface area contributed by atoms with E-state index in [2.05, 4.69) is 15.6 Å². The van der Waals surface area contributed by atoms with E-state index in [1.165, 1.54) is 23.7 Å². The third-order valence-electron chi connectivity index (χ3n) is 6.08. The van der Waals surface area contributed by atoms with Gasteiger partial charge in [0.15, 0.2) is 5.69 Å². The van der Waals surface area contributed by atoms with E-state index in [1.807, 2.05) is 30.3 Å². The molecule has 4 rings (SSSR count). The maximum Gasteiger partial charge on any atom is 0.296 e. The van der Waals surface area contributed by atoms with Gasteiger partial charge in [0.25, 0.3) is 17.4 Å². The van der Waals surface area contributed by atoms with Crippen molar-refractivity contribution in [1.29, 1.82) is 0 Å². The monoisotopic (exact) mass is 508 g/mol. The molecule has 1 aliphatic heterocycles. The summed E-state index contributed by atoms with van der Waals surface area (Å²) in [5.74, 6) is -1.59. The number of hydrogen-bond acceptors (Lipinski definition) is 6. The Morgan fingerprint density at radius 1 is 1.16 bits per heavy atom. The number of ether oxygens (including phenoxy) is 2. The molecular weight excluding hydrogens is 479 g/mol.